The lowest BCUT2D eigenvalue weighted by Crippen LogP contribution is -2.13. The van der Waals surface area contributed by atoms with E-state index in [9.17, 15) is 4.79 Å². The predicted octanol–water partition coefficient (Wildman–Crippen LogP) is 6.14. The molecule has 0 fully saturated rings. The zero-order valence-corrected chi connectivity index (χ0v) is 18.9. The number of benzene rings is 3. The largest absolute Gasteiger partial charge is 0.490 e. The number of ether oxygens (including phenoxy) is 2. The molecule has 0 radical (unpaired) electrons. The van der Waals surface area contributed by atoms with Crippen LogP contribution in [0.3, 0.4) is 0 Å². The molecular formula is C24H24INO3. The van der Waals surface area contributed by atoms with Crippen LogP contribution in [0, 0.1) is 17.4 Å². The van der Waals surface area contributed by atoms with Crippen LogP contribution in [0.1, 0.15) is 34.0 Å². The fourth-order valence-electron chi connectivity index (χ4n) is 2.87. The topological polar surface area (TPSA) is 47.6 Å². The first kappa shape index (κ1) is 21.2. The Morgan fingerprint density at radius 2 is 1.72 bits per heavy atom. The Morgan fingerprint density at radius 1 is 0.966 bits per heavy atom. The molecule has 0 bridgehead atoms. The Hall–Kier alpha value is -2.54. The van der Waals surface area contributed by atoms with Gasteiger partial charge in [0.05, 0.1) is 10.2 Å². The van der Waals surface area contributed by atoms with E-state index < -0.39 is 0 Å². The van der Waals surface area contributed by atoms with E-state index in [0.717, 1.165) is 20.4 Å². The highest BCUT2D eigenvalue weighted by molar-refractivity contribution is 14.1. The second-order valence-corrected chi connectivity index (χ2v) is 7.98. The van der Waals surface area contributed by atoms with Gasteiger partial charge in [0.15, 0.2) is 11.5 Å². The lowest BCUT2D eigenvalue weighted by molar-refractivity contribution is 0.102. The smallest absolute Gasteiger partial charge is 0.255 e. The van der Waals surface area contributed by atoms with Gasteiger partial charge in [-0.15, -0.1) is 0 Å². The van der Waals surface area contributed by atoms with Crippen LogP contribution in [0.4, 0.5) is 5.69 Å². The van der Waals surface area contributed by atoms with E-state index in [2.05, 4.69) is 47.0 Å². The second-order valence-electron chi connectivity index (χ2n) is 6.82. The molecule has 5 heteroatoms. The van der Waals surface area contributed by atoms with Crippen molar-refractivity contribution in [2.24, 2.45) is 0 Å². The number of halogens is 1. The van der Waals surface area contributed by atoms with Crippen molar-refractivity contribution in [2.75, 3.05) is 11.9 Å². The summed E-state index contributed by atoms with van der Waals surface area (Å²) < 4.78 is 12.7. The molecule has 3 rings (SSSR count). The molecule has 0 unspecified atom stereocenters. The van der Waals surface area contributed by atoms with E-state index in [1.807, 2.05) is 56.3 Å². The zero-order chi connectivity index (χ0) is 20.8. The number of aryl methyl sites for hydroxylation is 2. The van der Waals surface area contributed by atoms with Crippen LogP contribution < -0.4 is 14.8 Å². The predicted molar refractivity (Wildman–Crippen MR) is 125 cm³/mol. The van der Waals surface area contributed by atoms with Crippen LogP contribution in [-0.4, -0.2) is 12.5 Å². The maximum atomic E-state index is 12.7. The quantitative estimate of drug-likeness (QED) is 0.396. The van der Waals surface area contributed by atoms with Gasteiger partial charge < -0.3 is 14.8 Å². The van der Waals surface area contributed by atoms with Crippen molar-refractivity contribution in [1.82, 2.24) is 0 Å². The first-order chi connectivity index (χ1) is 14.0. The third-order valence-electron chi connectivity index (χ3n) is 4.35. The first-order valence-corrected chi connectivity index (χ1v) is 10.6. The molecule has 3 aromatic rings. The first-order valence-electron chi connectivity index (χ1n) is 9.49. The number of carbonyl (C=O) groups is 1. The van der Waals surface area contributed by atoms with E-state index in [1.165, 1.54) is 5.56 Å². The monoisotopic (exact) mass is 501 g/mol. The molecule has 0 heterocycles. The lowest BCUT2D eigenvalue weighted by Gasteiger charge is -2.16. The second kappa shape index (κ2) is 9.78. The van der Waals surface area contributed by atoms with Crippen LogP contribution in [0.25, 0.3) is 0 Å². The summed E-state index contributed by atoms with van der Waals surface area (Å²) in [5, 5.41) is 2.94. The standard InChI is InChI=1S/C24H24INO3/c1-4-28-22-14-19(24(27)26-20-7-5-6-17(3)12-20)13-21(25)23(22)29-15-18-10-8-16(2)9-11-18/h5-14H,4,15H2,1-3H3,(H,26,27). The van der Waals surface area contributed by atoms with Gasteiger partial charge in [-0.1, -0.05) is 42.0 Å². The molecule has 0 aromatic heterocycles. The van der Waals surface area contributed by atoms with Crippen molar-refractivity contribution in [3.05, 3.63) is 86.5 Å². The minimum atomic E-state index is -0.181. The average Bonchev–Trinajstić information content (AvgIpc) is 2.68. The van der Waals surface area contributed by atoms with Gasteiger partial charge in [-0.3, -0.25) is 4.79 Å². The summed E-state index contributed by atoms with van der Waals surface area (Å²) in [6, 6.07) is 19.5. The van der Waals surface area contributed by atoms with Gasteiger partial charge in [-0.05, 0) is 78.8 Å². The third kappa shape index (κ3) is 5.73. The normalized spacial score (nSPS) is 10.5. The Bertz CT molecular complexity index is 1000. The molecule has 0 atom stereocenters. The van der Waals surface area contributed by atoms with Crippen LogP contribution in [0.2, 0.25) is 0 Å². The van der Waals surface area contributed by atoms with Crippen molar-refractivity contribution in [1.29, 1.82) is 0 Å². The summed E-state index contributed by atoms with van der Waals surface area (Å²) >= 11 is 2.18. The molecule has 0 saturated heterocycles. The van der Waals surface area contributed by atoms with Crippen molar-refractivity contribution in [3.63, 3.8) is 0 Å². The van der Waals surface area contributed by atoms with E-state index in [4.69, 9.17) is 9.47 Å². The number of anilines is 1. The summed E-state index contributed by atoms with van der Waals surface area (Å²) in [5.41, 5.74) is 4.68. The molecule has 3 aromatic carbocycles. The molecule has 0 aliphatic carbocycles. The number of nitrogens with one attached hydrogen (secondary N) is 1. The summed E-state index contributed by atoms with van der Waals surface area (Å²) in [6.45, 7) is 6.88. The Labute approximate surface area is 185 Å². The van der Waals surface area contributed by atoms with Gasteiger partial charge >= 0.3 is 0 Å². The van der Waals surface area contributed by atoms with Gasteiger partial charge in [0, 0.05) is 11.3 Å². The molecule has 4 nitrogen and oxygen atoms in total. The summed E-state index contributed by atoms with van der Waals surface area (Å²) in [4.78, 5) is 12.7. The minimum Gasteiger partial charge on any atom is -0.490 e. The molecule has 1 N–H and O–H groups in total. The number of carbonyl (C=O) groups excluding carboxylic acids is 1. The molecular weight excluding hydrogens is 477 g/mol. The molecule has 0 aliphatic heterocycles. The Balaban J connectivity index is 1.81. The molecule has 0 saturated carbocycles. The highest BCUT2D eigenvalue weighted by Gasteiger charge is 2.16. The minimum absolute atomic E-state index is 0.181. The molecule has 0 spiro atoms. The maximum absolute atomic E-state index is 12.7. The SMILES string of the molecule is CCOc1cc(C(=O)Nc2cccc(C)c2)cc(I)c1OCc1ccc(C)cc1. The third-order valence-corrected chi connectivity index (χ3v) is 5.15. The summed E-state index contributed by atoms with van der Waals surface area (Å²) in [5.74, 6) is 1.04. The van der Waals surface area contributed by atoms with Gasteiger partial charge in [0.25, 0.3) is 5.91 Å². The highest BCUT2D eigenvalue weighted by atomic mass is 127. The Kier molecular flexibility index (Phi) is 7.14. The van der Waals surface area contributed by atoms with Crippen LogP contribution in [0.5, 0.6) is 11.5 Å². The molecule has 1 amide bonds. The molecule has 29 heavy (non-hydrogen) atoms. The van der Waals surface area contributed by atoms with E-state index in [-0.39, 0.29) is 5.91 Å². The van der Waals surface area contributed by atoms with Crippen molar-refractivity contribution >= 4 is 34.2 Å². The van der Waals surface area contributed by atoms with Gasteiger partial charge in [0.2, 0.25) is 0 Å². The number of hydrogen-bond donors (Lipinski definition) is 1. The van der Waals surface area contributed by atoms with Crippen molar-refractivity contribution < 1.29 is 14.3 Å². The van der Waals surface area contributed by atoms with E-state index >= 15 is 0 Å². The number of amides is 1. The van der Waals surface area contributed by atoms with E-state index in [1.54, 1.807) is 6.07 Å². The van der Waals surface area contributed by atoms with Crippen molar-refractivity contribution in [3.8, 4) is 11.5 Å². The van der Waals surface area contributed by atoms with Gasteiger partial charge in [-0.2, -0.15) is 0 Å². The summed E-state index contributed by atoms with van der Waals surface area (Å²) in [6.07, 6.45) is 0. The fraction of sp³-hybridized carbons (Fsp3) is 0.208. The van der Waals surface area contributed by atoms with Crippen molar-refractivity contribution in [2.45, 2.75) is 27.4 Å². The number of hydrogen-bond acceptors (Lipinski definition) is 3. The van der Waals surface area contributed by atoms with E-state index in [0.29, 0.717) is 30.3 Å². The van der Waals surface area contributed by atoms with Gasteiger partial charge in [0.1, 0.15) is 6.61 Å². The maximum Gasteiger partial charge on any atom is 0.255 e. The van der Waals surface area contributed by atoms with Gasteiger partial charge in [-0.25, -0.2) is 0 Å². The van der Waals surface area contributed by atoms with Crippen LogP contribution >= 0.6 is 22.6 Å². The van der Waals surface area contributed by atoms with Crippen LogP contribution in [-0.2, 0) is 6.61 Å². The zero-order valence-electron chi connectivity index (χ0n) is 16.8. The number of rotatable bonds is 7. The average molecular weight is 501 g/mol. The molecule has 0 aliphatic rings. The Morgan fingerprint density at radius 3 is 2.41 bits per heavy atom. The lowest BCUT2D eigenvalue weighted by atomic mass is 10.1. The molecule has 150 valence electrons. The fourth-order valence-corrected chi connectivity index (χ4v) is 3.62. The highest BCUT2D eigenvalue weighted by Crippen LogP contribution is 2.35. The summed E-state index contributed by atoms with van der Waals surface area (Å²) in [7, 11) is 0. The van der Waals surface area contributed by atoms with Crippen LogP contribution in [0.15, 0.2) is 60.7 Å².